The van der Waals surface area contributed by atoms with E-state index in [1.165, 1.54) is 11.3 Å². The van der Waals surface area contributed by atoms with Gasteiger partial charge in [0.1, 0.15) is 6.04 Å². The molecule has 7 heteroatoms. The molecule has 1 rings (SSSR count). The summed E-state index contributed by atoms with van der Waals surface area (Å²) in [5, 5.41) is 5.66. The van der Waals surface area contributed by atoms with Gasteiger partial charge in [0.2, 0.25) is 5.91 Å². The molecule has 0 unspecified atom stereocenters. The molecule has 0 saturated carbocycles. The number of rotatable bonds is 5. The van der Waals surface area contributed by atoms with Crippen molar-refractivity contribution >= 4 is 28.4 Å². The Morgan fingerprint density at radius 3 is 2.56 bits per heavy atom. The van der Waals surface area contributed by atoms with Gasteiger partial charge in [-0.05, 0) is 20.3 Å². The molecule has 3 amide bonds. The summed E-state index contributed by atoms with van der Waals surface area (Å²) < 4.78 is 0. The fourth-order valence-corrected chi connectivity index (χ4v) is 2.27. The molecule has 1 aromatic heterocycles. The van der Waals surface area contributed by atoms with Crippen LogP contribution in [0.4, 0.5) is 9.93 Å². The zero-order chi connectivity index (χ0) is 13.7. The highest BCUT2D eigenvalue weighted by Gasteiger charge is 2.20. The number of amides is 3. The quantitative estimate of drug-likeness (QED) is 0.757. The number of primary amides is 1. The normalized spacial score (nSPS) is 11.9. The lowest BCUT2D eigenvalue weighted by Crippen LogP contribution is -2.46. The molecular weight excluding hydrogens is 252 g/mol. The lowest BCUT2D eigenvalue weighted by Gasteiger charge is -2.15. The van der Waals surface area contributed by atoms with Crippen LogP contribution < -0.4 is 16.4 Å². The maximum Gasteiger partial charge on any atom is 0.312 e. The number of nitrogens with one attached hydrogen (secondary N) is 2. The van der Waals surface area contributed by atoms with E-state index in [4.69, 9.17) is 5.73 Å². The van der Waals surface area contributed by atoms with E-state index in [1.807, 2.05) is 20.8 Å². The number of nitrogens with zero attached hydrogens (tertiary/aromatic N) is 1. The number of nitrogens with two attached hydrogens (primary N) is 1. The predicted octanol–water partition coefficient (Wildman–Crippen LogP) is 1.54. The summed E-state index contributed by atoms with van der Waals surface area (Å²) >= 11 is 1.41. The minimum Gasteiger partial charge on any atom is -0.352 e. The molecule has 1 atom stereocenters. The minimum atomic E-state index is -0.699. The molecule has 0 radical (unpaired) electrons. The molecule has 6 nitrogen and oxygen atoms in total. The molecule has 100 valence electrons. The van der Waals surface area contributed by atoms with Crippen LogP contribution in [0.1, 0.15) is 30.3 Å². The number of hydrogen-bond donors (Lipinski definition) is 3. The monoisotopic (exact) mass is 270 g/mol. The maximum atomic E-state index is 11.9. The van der Waals surface area contributed by atoms with Crippen LogP contribution in [-0.2, 0) is 4.79 Å². The van der Waals surface area contributed by atoms with Crippen LogP contribution in [0, 0.1) is 13.8 Å². The molecule has 0 fully saturated rings. The summed E-state index contributed by atoms with van der Waals surface area (Å²) in [6.45, 7) is 5.75. The first-order chi connectivity index (χ1) is 8.43. The van der Waals surface area contributed by atoms with Crippen molar-refractivity contribution in [1.29, 1.82) is 0 Å². The number of thiazole rings is 1. The van der Waals surface area contributed by atoms with Gasteiger partial charge >= 0.3 is 6.03 Å². The number of carbonyl (C=O) groups is 2. The number of aryl methyl sites for hydroxylation is 2. The highest BCUT2D eigenvalue weighted by molar-refractivity contribution is 7.15. The van der Waals surface area contributed by atoms with Gasteiger partial charge in [-0.1, -0.05) is 13.3 Å². The first-order valence-corrected chi connectivity index (χ1v) is 6.56. The molecule has 0 aromatic carbocycles. The topological polar surface area (TPSA) is 97.1 Å². The minimum absolute atomic E-state index is 0.288. The molecule has 1 heterocycles. The molecule has 18 heavy (non-hydrogen) atoms. The van der Waals surface area contributed by atoms with Crippen LogP contribution in [0.5, 0.6) is 0 Å². The standard InChI is InChI=1S/C11H18N4O2S/c1-4-5-8(14-10(12)17)9(16)15-11-13-6(2)7(3)18-11/h8H,4-5H2,1-3H3,(H3,12,14,17)(H,13,15,16)/t8-/m1/s1. The average Bonchev–Trinajstić information content (AvgIpc) is 2.56. The van der Waals surface area contributed by atoms with E-state index in [1.54, 1.807) is 0 Å². The van der Waals surface area contributed by atoms with Gasteiger partial charge in [0, 0.05) is 4.88 Å². The second-order valence-corrected chi connectivity index (χ2v) is 5.20. The summed E-state index contributed by atoms with van der Waals surface area (Å²) in [4.78, 5) is 28.0. The molecule has 0 aliphatic heterocycles. The van der Waals surface area contributed by atoms with Gasteiger partial charge in [0.25, 0.3) is 0 Å². The van der Waals surface area contributed by atoms with Crippen molar-refractivity contribution in [3.05, 3.63) is 10.6 Å². The zero-order valence-electron chi connectivity index (χ0n) is 10.7. The van der Waals surface area contributed by atoms with Crippen LogP contribution in [0.25, 0.3) is 0 Å². The third-order valence-corrected chi connectivity index (χ3v) is 3.46. The Bertz CT molecular complexity index is 425. The summed E-state index contributed by atoms with van der Waals surface area (Å²) in [5.74, 6) is -0.288. The lowest BCUT2D eigenvalue weighted by atomic mass is 10.1. The highest BCUT2D eigenvalue weighted by atomic mass is 32.1. The second kappa shape index (κ2) is 6.34. The van der Waals surface area contributed by atoms with Crippen molar-refractivity contribution in [2.75, 3.05) is 5.32 Å². The van der Waals surface area contributed by atoms with Crippen LogP contribution in [0.3, 0.4) is 0 Å². The number of urea groups is 1. The van der Waals surface area contributed by atoms with Crippen molar-refractivity contribution in [1.82, 2.24) is 10.3 Å². The smallest absolute Gasteiger partial charge is 0.312 e. The van der Waals surface area contributed by atoms with E-state index < -0.39 is 12.1 Å². The zero-order valence-corrected chi connectivity index (χ0v) is 11.6. The largest absolute Gasteiger partial charge is 0.352 e. The Kier molecular flexibility index (Phi) is 5.08. The van der Waals surface area contributed by atoms with E-state index in [0.717, 1.165) is 17.0 Å². The molecule has 0 aliphatic rings. The van der Waals surface area contributed by atoms with Crippen molar-refractivity contribution in [2.45, 2.75) is 39.7 Å². The Morgan fingerprint density at radius 2 is 2.11 bits per heavy atom. The SMILES string of the molecule is CCC[C@@H](NC(N)=O)C(=O)Nc1nc(C)c(C)s1. The van der Waals surface area contributed by atoms with E-state index in [2.05, 4.69) is 15.6 Å². The average molecular weight is 270 g/mol. The number of hydrogen-bond acceptors (Lipinski definition) is 4. The first-order valence-electron chi connectivity index (χ1n) is 5.75. The summed E-state index contributed by atoms with van der Waals surface area (Å²) in [6.07, 6.45) is 1.31. The van der Waals surface area contributed by atoms with Crippen LogP contribution in [-0.4, -0.2) is 23.0 Å². The predicted molar refractivity (Wildman–Crippen MR) is 71.6 cm³/mol. The van der Waals surface area contributed by atoms with Crippen LogP contribution >= 0.6 is 11.3 Å². The van der Waals surface area contributed by atoms with Crippen LogP contribution in [0.2, 0.25) is 0 Å². The van der Waals surface area contributed by atoms with Gasteiger partial charge in [0.05, 0.1) is 5.69 Å². The van der Waals surface area contributed by atoms with Crippen molar-refractivity contribution in [2.24, 2.45) is 5.73 Å². The molecular formula is C11H18N4O2S. The van der Waals surface area contributed by atoms with E-state index >= 15 is 0 Å². The Morgan fingerprint density at radius 1 is 1.44 bits per heavy atom. The Balaban J connectivity index is 2.68. The van der Waals surface area contributed by atoms with Crippen LogP contribution in [0.15, 0.2) is 0 Å². The lowest BCUT2D eigenvalue weighted by molar-refractivity contribution is -0.118. The molecule has 1 aromatic rings. The summed E-state index contributed by atoms with van der Waals surface area (Å²) in [5.41, 5.74) is 5.93. The number of aromatic nitrogens is 1. The maximum absolute atomic E-state index is 11.9. The van der Waals surface area contributed by atoms with Gasteiger partial charge < -0.3 is 16.4 Å². The van der Waals surface area contributed by atoms with Gasteiger partial charge in [-0.15, -0.1) is 11.3 Å². The number of anilines is 1. The fraction of sp³-hybridized carbons (Fsp3) is 0.545. The molecule has 0 bridgehead atoms. The molecule has 0 spiro atoms. The first kappa shape index (κ1) is 14.4. The third-order valence-electron chi connectivity index (χ3n) is 2.47. The summed E-state index contributed by atoms with van der Waals surface area (Å²) in [7, 11) is 0. The van der Waals surface area contributed by atoms with E-state index in [9.17, 15) is 9.59 Å². The Labute approximate surface area is 110 Å². The van der Waals surface area contributed by atoms with Gasteiger partial charge in [-0.3, -0.25) is 4.79 Å². The Hall–Kier alpha value is -1.63. The van der Waals surface area contributed by atoms with Gasteiger partial charge in [-0.2, -0.15) is 0 Å². The van der Waals surface area contributed by atoms with Crippen molar-refractivity contribution in [3.63, 3.8) is 0 Å². The summed E-state index contributed by atoms with van der Waals surface area (Å²) in [6, 6.07) is -1.31. The van der Waals surface area contributed by atoms with Gasteiger partial charge in [-0.25, -0.2) is 9.78 Å². The number of carbonyl (C=O) groups excluding carboxylic acids is 2. The van der Waals surface area contributed by atoms with Gasteiger partial charge in [0.15, 0.2) is 5.13 Å². The molecule has 0 aliphatic carbocycles. The third kappa shape index (κ3) is 3.99. The molecule has 0 saturated heterocycles. The van der Waals surface area contributed by atoms with E-state index in [-0.39, 0.29) is 5.91 Å². The fourth-order valence-electron chi connectivity index (χ4n) is 1.45. The highest BCUT2D eigenvalue weighted by Crippen LogP contribution is 2.21. The van der Waals surface area contributed by atoms with Crippen molar-refractivity contribution < 1.29 is 9.59 Å². The van der Waals surface area contributed by atoms with E-state index in [0.29, 0.717) is 11.6 Å². The molecule has 4 N–H and O–H groups in total. The second-order valence-electron chi connectivity index (χ2n) is 4.00. The van der Waals surface area contributed by atoms with Crippen molar-refractivity contribution in [3.8, 4) is 0 Å².